The van der Waals surface area contributed by atoms with Gasteiger partial charge in [0, 0.05) is 24.6 Å². The van der Waals surface area contributed by atoms with Crippen LogP contribution in [0.5, 0.6) is 17.2 Å². The van der Waals surface area contributed by atoms with Crippen molar-refractivity contribution in [3.63, 3.8) is 0 Å². The highest BCUT2D eigenvalue weighted by Crippen LogP contribution is 2.46. The van der Waals surface area contributed by atoms with Gasteiger partial charge in [-0.05, 0) is 59.0 Å². The third kappa shape index (κ3) is 5.11. The smallest absolute Gasteiger partial charge is 0.254 e. The summed E-state index contributed by atoms with van der Waals surface area (Å²) in [5.74, 6) is 2.35. The van der Waals surface area contributed by atoms with Gasteiger partial charge < -0.3 is 44.3 Å². The molecule has 6 bridgehead atoms. The first-order valence-electron chi connectivity index (χ1n) is 15.5. The van der Waals surface area contributed by atoms with Crippen LogP contribution < -0.4 is 9.47 Å². The molecule has 2 fully saturated rings. The van der Waals surface area contributed by atoms with Gasteiger partial charge in [0.25, 0.3) is 5.91 Å². The van der Waals surface area contributed by atoms with E-state index in [1.165, 1.54) is 18.1 Å². The molecule has 46 heavy (non-hydrogen) atoms. The normalized spacial score (nSPS) is 26.3. The fraction of sp³-hybridized carbons (Fsp3) is 0.429. The van der Waals surface area contributed by atoms with Gasteiger partial charge in [0.1, 0.15) is 35.6 Å². The number of amides is 1. The van der Waals surface area contributed by atoms with E-state index in [1.807, 2.05) is 12.1 Å². The number of hydrogen-bond donors (Lipinski definition) is 4. The Morgan fingerprint density at radius 3 is 2.63 bits per heavy atom. The van der Waals surface area contributed by atoms with Crippen LogP contribution in [0.4, 0.5) is 0 Å². The molecule has 3 aromatic carbocycles. The standard InChI is InChI=1S/C35H35NO10/c1-43-21-12-20-13-23(18-6-2-3-7-18)29-25(38)16-36-15-24-19(8-4-10-22(24)34(36)42)9-5-11-44-33-30(39)27(17-37)46-35(32(33)41)45-26(14-21)28(20)31(29)40/h4,8,10,12-14,18,27,30,32-33,35,37,39-41H,2-3,6-7,9,15-17H2,1H3/t27-,30-,32-,33+,35+/m1/s1. The molecule has 5 atom stereocenters. The summed E-state index contributed by atoms with van der Waals surface area (Å²) in [7, 11) is 1.48. The largest absolute Gasteiger partial charge is 0.506 e. The number of aliphatic hydroxyl groups is 3. The molecule has 1 saturated heterocycles. The van der Waals surface area contributed by atoms with Crippen molar-refractivity contribution in [3.8, 4) is 29.3 Å². The summed E-state index contributed by atoms with van der Waals surface area (Å²) in [6.07, 6.45) is -0.538. The second kappa shape index (κ2) is 12.1. The SMILES string of the molecule is COc1cc2c3c(O)c(c(C4CCCC4)cc3c1)C(=O)CN1Cc3c(cccc3C1=O)CC#CO[C@@H]1[C@@H](O)[C@@H](O2)O[C@H](CO)[C@H]1O. The van der Waals surface area contributed by atoms with E-state index < -0.39 is 43.1 Å². The van der Waals surface area contributed by atoms with Crippen molar-refractivity contribution < 1.29 is 49.0 Å². The van der Waals surface area contributed by atoms with Crippen molar-refractivity contribution in [2.24, 2.45) is 0 Å². The summed E-state index contributed by atoms with van der Waals surface area (Å²) in [5, 5.41) is 44.8. The number of hydrogen-bond acceptors (Lipinski definition) is 10. The van der Waals surface area contributed by atoms with Crippen molar-refractivity contribution in [2.45, 2.75) is 75.3 Å². The van der Waals surface area contributed by atoms with Crippen LogP contribution in [0.1, 0.15) is 69.0 Å². The minimum absolute atomic E-state index is 0.0348. The molecular formula is C35H35NO10. The highest BCUT2D eigenvalue weighted by atomic mass is 16.7. The van der Waals surface area contributed by atoms with Crippen LogP contribution in [-0.4, -0.2) is 88.0 Å². The van der Waals surface area contributed by atoms with Crippen LogP contribution in [0.15, 0.2) is 36.4 Å². The van der Waals surface area contributed by atoms with Gasteiger partial charge in [-0.25, -0.2) is 0 Å². The Morgan fingerprint density at radius 2 is 1.87 bits per heavy atom. The Balaban J connectivity index is 1.42. The zero-order chi connectivity index (χ0) is 32.1. The van der Waals surface area contributed by atoms with Crippen molar-refractivity contribution in [3.05, 3.63) is 64.2 Å². The number of phenolic OH excluding ortho intramolecular Hbond substituents is 1. The molecule has 1 saturated carbocycles. The first-order valence-corrected chi connectivity index (χ1v) is 15.5. The second-order valence-electron chi connectivity index (χ2n) is 12.3. The summed E-state index contributed by atoms with van der Waals surface area (Å²) in [6, 6.07) is 10.4. The number of Topliss-reactive ketones (excluding diaryl/α,β-unsaturated/α-hetero) is 1. The van der Waals surface area contributed by atoms with Gasteiger partial charge in [0.2, 0.25) is 6.29 Å². The number of fused-ring (bicyclic) bond motifs is 4. The van der Waals surface area contributed by atoms with Gasteiger partial charge in [-0.15, -0.1) is 0 Å². The zero-order valence-corrected chi connectivity index (χ0v) is 25.3. The Hall–Kier alpha value is -4.34. The first-order chi connectivity index (χ1) is 22.3. The van der Waals surface area contributed by atoms with Crippen molar-refractivity contribution in [2.75, 3.05) is 20.3 Å². The molecule has 3 aromatic rings. The van der Waals surface area contributed by atoms with Crippen molar-refractivity contribution >= 4 is 22.5 Å². The molecule has 0 spiro atoms. The number of carbonyl (C=O) groups excluding carboxylic acids is 2. The van der Waals surface area contributed by atoms with Crippen molar-refractivity contribution in [1.82, 2.24) is 4.90 Å². The summed E-state index contributed by atoms with van der Waals surface area (Å²) in [6.45, 7) is -0.640. The molecule has 4 N–H and O–H groups in total. The molecule has 1 amide bonds. The molecule has 7 rings (SSSR count). The van der Waals surface area contributed by atoms with Gasteiger partial charge in [-0.1, -0.05) is 30.9 Å². The van der Waals surface area contributed by atoms with Gasteiger partial charge >= 0.3 is 0 Å². The maximum absolute atomic E-state index is 14.2. The topological polar surface area (TPSA) is 155 Å². The molecule has 3 heterocycles. The number of methoxy groups -OCH3 is 1. The number of aromatic hydroxyl groups is 1. The molecule has 0 radical (unpaired) electrons. The summed E-state index contributed by atoms with van der Waals surface area (Å²) in [4.78, 5) is 29.2. The molecule has 4 aliphatic rings. The van der Waals surface area contributed by atoms with E-state index in [0.717, 1.165) is 36.8 Å². The van der Waals surface area contributed by atoms with E-state index in [9.17, 15) is 30.0 Å². The average Bonchev–Trinajstić information content (AvgIpc) is 3.70. The lowest BCUT2D eigenvalue weighted by molar-refractivity contribution is -0.276. The Morgan fingerprint density at radius 1 is 1.07 bits per heavy atom. The summed E-state index contributed by atoms with van der Waals surface area (Å²) < 4.78 is 23.1. The van der Waals surface area contributed by atoms with Gasteiger partial charge in [-0.3, -0.25) is 9.59 Å². The van der Waals surface area contributed by atoms with Crippen LogP contribution in [0.25, 0.3) is 10.8 Å². The lowest BCUT2D eigenvalue weighted by Crippen LogP contribution is -2.60. The summed E-state index contributed by atoms with van der Waals surface area (Å²) in [5.41, 5.74) is 2.84. The number of ether oxygens (including phenoxy) is 4. The maximum Gasteiger partial charge on any atom is 0.254 e. The molecule has 3 aliphatic heterocycles. The van der Waals surface area contributed by atoms with Gasteiger partial charge in [-0.2, -0.15) is 0 Å². The van der Waals surface area contributed by atoms with E-state index in [1.54, 1.807) is 18.2 Å². The molecular weight excluding hydrogens is 594 g/mol. The second-order valence-corrected chi connectivity index (χ2v) is 12.3. The van der Waals surface area contributed by atoms with E-state index in [-0.39, 0.29) is 53.8 Å². The van der Waals surface area contributed by atoms with Gasteiger partial charge in [0.05, 0.1) is 31.2 Å². The van der Waals surface area contributed by atoms with E-state index in [0.29, 0.717) is 22.3 Å². The number of nitrogens with zero attached hydrogens (tertiary/aromatic N) is 1. The van der Waals surface area contributed by atoms with Crippen LogP contribution in [-0.2, 0) is 22.4 Å². The zero-order valence-electron chi connectivity index (χ0n) is 25.3. The number of aliphatic hydroxyl groups excluding tert-OH is 3. The monoisotopic (exact) mass is 629 g/mol. The first kappa shape index (κ1) is 30.3. The minimum atomic E-state index is -1.57. The van der Waals surface area contributed by atoms with E-state index in [2.05, 4.69) is 12.0 Å². The third-order valence-corrected chi connectivity index (χ3v) is 9.57. The molecule has 11 heteroatoms. The molecule has 0 unspecified atom stereocenters. The van der Waals surface area contributed by atoms with Crippen LogP contribution in [0.2, 0.25) is 0 Å². The number of rotatable bonds is 3. The molecule has 0 aromatic heterocycles. The summed E-state index contributed by atoms with van der Waals surface area (Å²) >= 11 is 0. The number of ketones is 1. The van der Waals surface area contributed by atoms with E-state index in [4.69, 9.17) is 18.9 Å². The quantitative estimate of drug-likeness (QED) is 0.318. The Labute approximate surface area is 265 Å². The predicted octanol–water partition coefficient (Wildman–Crippen LogP) is 2.77. The highest BCUT2D eigenvalue weighted by Gasteiger charge is 2.47. The lowest BCUT2D eigenvalue weighted by Gasteiger charge is -2.40. The molecule has 1 aliphatic carbocycles. The van der Waals surface area contributed by atoms with Crippen LogP contribution in [0.3, 0.4) is 0 Å². The number of carbonyl (C=O) groups is 2. The third-order valence-electron chi connectivity index (χ3n) is 9.57. The van der Waals surface area contributed by atoms with Crippen LogP contribution >= 0.6 is 0 Å². The predicted molar refractivity (Wildman–Crippen MR) is 164 cm³/mol. The van der Waals surface area contributed by atoms with Crippen LogP contribution in [0, 0.1) is 12.0 Å². The lowest BCUT2D eigenvalue weighted by atomic mass is 9.87. The average molecular weight is 630 g/mol. The molecule has 11 nitrogen and oxygen atoms in total. The Bertz CT molecular complexity index is 1770. The maximum atomic E-state index is 14.2. The fourth-order valence-electron chi connectivity index (χ4n) is 7.20. The minimum Gasteiger partial charge on any atom is -0.506 e. The Kier molecular flexibility index (Phi) is 7.98. The molecule has 240 valence electrons. The highest BCUT2D eigenvalue weighted by molar-refractivity contribution is 6.11. The van der Waals surface area contributed by atoms with Gasteiger partial charge in [0.15, 0.2) is 18.0 Å². The van der Waals surface area contributed by atoms with E-state index >= 15 is 0 Å². The number of benzene rings is 3. The van der Waals surface area contributed by atoms with Crippen molar-refractivity contribution in [1.29, 1.82) is 0 Å². The fourth-order valence-corrected chi connectivity index (χ4v) is 7.20. The number of phenols is 1.